The number of likely N-dealkylation sites (tertiary alicyclic amines) is 2. The molecule has 7 nitrogen and oxygen atoms in total. The van der Waals surface area contributed by atoms with Crippen molar-refractivity contribution in [1.82, 2.24) is 15.1 Å². The molecule has 3 amide bonds. The third kappa shape index (κ3) is 4.50. The van der Waals surface area contributed by atoms with Crippen molar-refractivity contribution in [2.24, 2.45) is 5.92 Å². The monoisotopic (exact) mass is 297 g/mol. The van der Waals surface area contributed by atoms with E-state index in [1.165, 1.54) is 4.90 Å². The Balaban J connectivity index is 1.71. The molecule has 2 unspecified atom stereocenters. The zero-order chi connectivity index (χ0) is 15.4. The first-order valence-electron chi connectivity index (χ1n) is 7.46. The Kier molecular flexibility index (Phi) is 5.30. The number of carbonyl (C=O) groups is 3. The lowest BCUT2D eigenvalue weighted by Crippen LogP contribution is -2.49. The maximum atomic E-state index is 11.8. The molecule has 2 rings (SSSR count). The molecule has 0 bridgehead atoms. The van der Waals surface area contributed by atoms with Gasteiger partial charge in [0.1, 0.15) is 0 Å². The Bertz CT molecular complexity index is 426. The number of β-amino-alcohol motifs (C(OH)–C–C–N with tert-alkyl or cyclic N) is 1. The first-order valence-corrected chi connectivity index (χ1v) is 7.46. The van der Waals surface area contributed by atoms with Crippen LogP contribution in [0.1, 0.15) is 26.2 Å². The largest absolute Gasteiger partial charge is 0.392 e. The lowest BCUT2D eigenvalue weighted by Gasteiger charge is -2.33. The first-order chi connectivity index (χ1) is 9.95. The molecule has 0 aromatic heterocycles. The summed E-state index contributed by atoms with van der Waals surface area (Å²) in [6.07, 6.45) is 1.66. The van der Waals surface area contributed by atoms with Crippen LogP contribution in [0, 0.1) is 5.92 Å². The van der Waals surface area contributed by atoms with E-state index in [0.29, 0.717) is 19.5 Å². The van der Waals surface area contributed by atoms with Gasteiger partial charge in [0.25, 0.3) is 0 Å². The van der Waals surface area contributed by atoms with Gasteiger partial charge < -0.3 is 10.0 Å². The van der Waals surface area contributed by atoms with E-state index in [4.69, 9.17) is 0 Å². The topological polar surface area (TPSA) is 90.0 Å². The molecule has 0 saturated carbocycles. The van der Waals surface area contributed by atoms with Gasteiger partial charge in [-0.1, -0.05) is 6.92 Å². The van der Waals surface area contributed by atoms with E-state index < -0.39 is 12.0 Å². The van der Waals surface area contributed by atoms with Gasteiger partial charge in [-0.05, 0) is 25.3 Å². The zero-order valence-electron chi connectivity index (χ0n) is 12.4. The minimum absolute atomic E-state index is 0.0364. The van der Waals surface area contributed by atoms with Crippen LogP contribution in [0.2, 0.25) is 0 Å². The molecule has 2 aliphatic rings. The highest BCUT2D eigenvalue weighted by Gasteiger charge is 2.26. The molecule has 0 spiro atoms. The van der Waals surface area contributed by atoms with Gasteiger partial charge in [0.05, 0.1) is 19.2 Å². The molecule has 2 heterocycles. The smallest absolute Gasteiger partial charge is 0.246 e. The minimum atomic E-state index is -0.443. The molecule has 2 saturated heterocycles. The van der Waals surface area contributed by atoms with Crippen LogP contribution in [0.25, 0.3) is 0 Å². The number of amides is 3. The van der Waals surface area contributed by atoms with Crippen molar-refractivity contribution in [3.8, 4) is 0 Å². The van der Waals surface area contributed by atoms with Crippen LogP contribution in [0.3, 0.4) is 0 Å². The second-order valence-corrected chi connectivity index (χ2v) is 5.96. The summed E-state index contributed by atoms with van der Waals surface area (Å²) in [6.45, 7) is 3.81. The van der Waals surface area contributed by atoms with E-state index in [2.05, 4.69) is 5.32 Å². The van der Waals surface area contributed by atoms with Crippen LogP contribution in [-0.2, 0) is 14.4 Å². The summed E-state index contributed by atoms with van der Waals surface area (Å²) in [7, 11) is 0. The van der Waals surface area contributed by atoms with E-state index >= 15 is 0 Å². The molecule has 0 aromatic rings. The predicted octanol–water partition coefficient (Wildman–Crippen LogP) is -1.05. The second kappa shape index (κ2) is 7.00. The molecule has 118 valence electrons. The maximum absolute atomic E-state index is 11.8. The summed E-state index contributed by atoms with van der Waals surface area (Å²) >= 11 is 0. The predicted molar refractivity (Wildman–Crippen MR) is 75.2 cm³/mol. The van der Waals surface area contributed by atoms with Gasteiger partial charge in [0, 0.05) is 19.5 Å². The van der Waals surface area contributed by atoms with Crippen LogP contribution in [0.4, 0.5) is 0 Å². The fraction of sp³-hybridized carbons (Fsp3) is 0.786. The number of rotatable bonds is 4. The lowest BCUT2D eigenvalue weighted by atomic mass is 9.96. The Morgan fingerprint density at radius 2 is 2.00 bits per heavy atom. The molecule has 21 heavy (non-hydrogen) atoms. The highest BCUT2D eigenvalue weighted by atomic mass is 16.3. The van der Waals surface area contributed by atoms with Crippen molar-refractivity contribution in [2.75, 3.05) is 32.7 Å². The number of imide groups is 1. The number of hydrogen-bond donors (Lipinski definition) is 2. The van der Waals surface area contributed by atoms with E-state index in [-0.39, 0.29) is 30.8 Å². The summed E-state index contributed by atoms with van der Waals surface area (Å²) in [4.78, 5) is 38.2. The van der Waals surface area contributed by atoms with Crippen molar-refractivity contribution < 1.29 is 19.5 Å². The molecule has 2 atom stereocenters. The lowest BCUT2D eigenvalue weighted by molar-refractivity contribution is -0.136. The van der Waals surface area contributed by atoms with Crippen LogP contribution in [0.15, 0.2) is 0 Å². The van der Waals surface area contributed by atoms with Gasteiger partial charge >= 0.3 is 0 Å². The fourth-order valence-electron chi connectivity index (χ4n) is 2.74. The van der Waals surface area contributed by atoms with Gasteiger partial charge in [0.15, 0.2) is 0 Å². The van der Waals surface area contributed by atoms with E-state index in [0.717, 1.165) is 19.4 Å². The van der Waals surface area contributed by atoms with Crippen molar-refractivity contribution in [1.29, 1.82) is 0 Å². The minimum Gasteiger partial charge on any atom is -0.392 e. The molecule has 0 aromatic carbocycles. The van der Waals surface area contributed by atoms with E-state index in [1.54, 1.807) is 0 Å². The third-order valence-electron chi connectivity index (χ3n) is 4.15. The average Bonchev–Trinajstić information content (AvgIpc) is 2.79. The van der Waals surface area contributed by atoms with E-state index in [1.807, 2.05) is 11.8 Å². The van der Waals surface area contributed by atoms with Gasteiger partial charge in [-0.25, -0.2) is 0 Å². The number of nitrogens with zero attached hydrogens (tertiary/aromatic N) is 2. The molecule has 2 N–H and O–H groups in total. The summed E-state index contributed by atoms with van der Waals surface area (Å²) in [5, 5.41) is 12.1. The van der Waals surface area contributed by atoms with Gasteiger partial charge in [-0.3, -0.25) is 24.6 Å². The number of aliphatic hydroxyl groups excluding tert-OH is 1. The molecule has 2 aliphatic heterocycles. The van der Waals surface area contributed by atoms with Crippen molar-refractivity contribution >= 4 is 17.7 Å². The average molecular weight is 297 g/mol. The Morgan fingerprint density at radius 3 is 2.62 bits per heavy atom. The molecule has 0 radical (unpaired) electrons. The number of aliphatic hydroxyl groups is 1. The summed E-state index contributed by atoms with van der Waals surface area (Å²) in [5.41, 5.74) is 0. The highest BCUT2D eigenvalue weighted by Crippen LogP contribution is 2.16. The van der Waals surface area contributed by atoms with Crippen LogP contribution >= 0.6 is 0 Å². The Hall–Kier alpha value is -1.47. The van der Waals surface area contributed by atoms with Crippen LogP contribution < -0.4 is 5.32 Å². The van der Waals surface area contributed by atoms with Crippen LogP contribution in [-0.4, -0.2) is 71.5 Å². The normalized spacial score (nSPS) is 27.0. The fourth-order valence-corrected chi connectivity index (χ4v) is 2.74. The number of nitrogens with one attached hydrogen (secondary N) is 1. The quantitative estimate of drug-likeness (QED) is 0.691. The third-order valence-corrected chi connectivity index (χ3v) is 4.15. The standard InChI is InChI=1S/C14H23N3O4/c1-10-4-6-16(7-11(10)18)8-12(19)15-13(20)9-17-5-2-3-14(17)21/h10-11,18H,2-9H2,1H3,(H,15,19,20). The maximum Gasteiger partial charge on any atom is 0.246 e. The SMILES string of the molecule is CC1CCN(CC(=O)NC(=O)CN2CCCC2=O)CC1O. The molecular weight excluding hydrogens is 274 g/mol. The van der Waals surface area contributed by atoms with E-state index in [9.17, 15) is 19.5 Å². The first kappa shape index (κ1) is 15.9. The molecular formula is C14H23N3O4. The van der Waals surface area contributed by atoms with Crippen molar-refractivity contribution in [2.45, 2.75) is 32.3 Å². The Morgan fingerprint density at radius 1 is 1.29 bits per heavy atom. The van der Waals surface area contributed by atoms with Crippen LogP contribution in [0.5, 0.6) is 0 Å². The summed E-state index contributed by atoms with van der Waals surface area (Å²) < 4.78 is 0. The van der Waals surface area contributed by atoms with Crippen molar-refractivity contribution in [3.05, 3.63) is 0 Å². The Labute approximate surface area is 124 Å². The second-order valence-electron chi connectivity index (χ2n) is 5.96. The molecule has 0 aliphatic carbocycles. The van der Waals surface area contributed by atoms with Gasteiger partial charge in [-0.2, -0.15) is 0 Å². The molecule has 2 fully saturated rings. The summed E-state index contributed by atoms with van der Waals surface area (Å²) in [6, 6.07) is 0. The number of carbonyl (C=O) groups excluding carboxylic acids is 3. The highest BCUT2D eigenvalue weighted by molar-refractivity contribution is 5.98. The van der Waals surface area contributed by atoms with Gasteiger partial charge in [0.2, 0.25) is 17.7 Å². The zero-order valence-corrected chi connectivity index (χ0v) is 12.4. The number of hydrogen-bond acceptors (Lipinski definition) is 5. The van der Waals surface area contributed by atoms with Gasteiger partial charge in [-0.15, -0.1) is 0 Å². The number of piperidine rings is 1. The molecule has 7 heteroatoms. The van der Waals surface area contributed by atoms with Crippen molar-refractivity contribution in [3.63, 3.8) is 0 Å². The summed E-state index contributed by atoms with van der Waals surface area (Å²) in [5.74, 6) is -0.618.